The molecule has 1 aromatic rings. The molecule has 1 heterocycles. The molecule has 0 fully saturated rings. The van der Waals surface area contributed by atoms with Gasteiger partial charge in [0.15, 0.2) is 0 Å². The maximum Gasteiger partial charge on any atom is 0.257 e. The molecule has 0 radical (unpaired) electrons. The minimum atomic E-state index is -0.0312. The first-order valence-corrected chi connectivity index (χ1v) is 6.48. The Hall–Kier alpha value is -1.00. The molecule has 0 saturated carbocycles. The van der Waals surface area contributed by atoms with E-state index in [1.165, 1.54) is 0 Å². The molecular weight excluding hydrogens is 254 g/mol. The highest BCUT2D eigenvalue weighted by molar-refractivity contribution is 6.17. The van der Waals surface area contributed by atoms with Crippen LogP contribution in [0.5, 0.6) is 0 Å². The Morgan fingerprint density at radius 1 is 1.28 bits per heavy atom. The van der Waals surface area contributed by atoms with E-state index in [0.717, 1.165) is 11.3 Å². The molecular formula is C13H20ClNO3. The van der Waals surface area contributed by atoms with Gasteiger partial charge < -0.3 is 14.1 Å². The van der Waals surface area contributed by atoms with E-state index in [4.69, 9.17) is 20.8 Å². The van der Waals surface area contributed by atoms with Crippen molar-refractivity contribution in [2.45, 2.75) is 20.8 Å². The van der Waals surface area contributed by atoms with Gasteiger partial charge in [0.2, 0.25) is 0 Å². The third-order valence-corrected chi connectivity index (χ3v) is 3.07. The number of likely N-dealkylation sites (N-methyl/N-ethyl adjacent to an activating group) is 1. The monoisotopic (exact) mass is 273 g/mol. The predicted molar refractivity (Wildman–Crippen MR) is 71.4 cm³/mol. The van der Waals surface area contributed by atoms with Gasteiger partial charge in [-0.1, -0.05) is 0 Å². The van der Waals surface area contributed by atoms with Gasteiger partial charge >= 0.3 is 0 Å². The molecule has 0 atom stereocenters. The summed E-state index contributed by atoms with van der Waals surface area (Å²) in [6.07, 6.45) is 0. The van der Waals surface area contributed by atoms with Crippen molar-refractivity contribution in [3.05, 3.63) is 22.6 Å². The summed E-state index contributed by atoms with van der Waals surface area (Å²) in [5, 5.41) is 0. The smallest absolute Gasteiger partial charge is 0.257 e. The molecule has 0 aliphatic carbocycles. The zero-order valence-electron chi connectivity index (χ0n) is 11.4. The fraction of sp³-hybridized carbons (Fsp3) is 0.615. The van der Waals surface area contributed by atoms with Gasteiger partial charge in [0.05, 0.1) is 18.8 Å². The molecule has 4 nitrogen and oxygen atoms in total. The number of carbonyl (C=O) groups excluding carboxylic acids is 1. The predicted octanol–water partition coefficient (Wildman–Crippen LogP) is 2.53. The van der Waals surface area contributed by atoms with Gasteiger partial charge in [0.25, 0.3) is 5.91 Å². The number of rotatable bonds is 6. The minimum absolute atomic E-state index is 0.0312. The first kappa shape index (κ1) is 15.1. The molecule has 0 spiro atoms. The van der Waals surface area contributed by atoms with Gasteiger partial charge in [0.1, 0.15) is 11.5 Å². The number of hydrogen-bond donors (Lipinski definition) is 0. The Kier molecular flexibility index (Phi) is 5.69. The highest BCUT2D eigenvalue weighted by atomic mass is 35.5. The summed E-state index contributed by atoms with van der Waals surface area (Å²) < 4.78 is 10.7. The SMILES string of the molecule is Cc1oc(C)c(C(=O)N(C)CCOCCCl)c1C. The average Bonchev–Trinajstić information content (AvgIpc) is 2.58. The minimum Gasteiger partial charge on any atom is -0.466 e. The number of hydrogen-bond acceptors (Lipinski definition) is 3. The van der Waals surface area contributed by atoms with Crippen LogP contribution >= 0.6 is 11.6 Å². The quantitative estimate of drug-likeness (QED) is 0.591. The fourth-order valence-corrected chi connectivity index (χ4v) is 1.87. The molecule has 0 saturated heterocycles. The van der Waals surface area contributed by atoms with Crippen LogP contribution in [-0.2, 0) is 4.74 Å². The van der Waals surface area contributed by atoms with E-state index < -0.39 is 0 Å². The molecule has 0 unspecified atom stereocenters. The third kappa shape index (κ3) is 3.50. The molecule has 0 aliphatic rings. The van der Waals surface area contributed by atoms with E-state index in [-0.39, 0.29) is 5.91 Å². The highest BCUT2D eigenvalue weighted by Crippen LogP contribution is 2.21. The van der Waals surface area contributed by atoms with Gasteiger partial charge in [0, 0.05) is 25.0 Å². The number of nitrogens with zero attached hydrogens (tertiary/aromatic N) is 1. The molecule has 0 aromatic carbocycles. The number of carbonyl (C=O) groups is 1. The molecule has 18 heavy (non-hydrogen) atoms. The van der Waals surface area contributed by atoms with Crippen LogP contribution in [0.1, 0.15) is 27.4 Å². The Balaban J connectivity index is 2.63. The largest absolute Gasteiger partial charge is 0.466 e. The summed E-state index contributed by atoms with van der Waals surface area (Å²) in [5.74, 6) is 1.90. The zero-order valence-corrected chi connectivity index (χ0v) is 12.1. The van der Waals surface area contributed by atoms with Crippen LogP contribution in [0, 0.1) is 20.8 Å². The van der Waals surface area contributed by atoms with Crippen molar-refractivity contribution in [1.82, 2.24) is 4.90 Å². The van der Waals surface area contributed by atoms with Crippen LogP contribution in [0.3, 0.4) is 0 Å². The zero-order chi connectivity index (χ0) is 13.7. The number of ether oxygens (including phenoxy) is 1. The number of amides is 1. The standard InChI is InChI=1S/C13H20ClNO3/c1-9-10(2)18-11(3)12(9)13(16)15(4)6-8-17-7-5-14/h5-8H2,1-4H3. The van der Waals surface area contributed by atoms with Crippen molar-refractivity contribution in [3.8, 4) is 0 Å². The van der Waals surface area contributed by atoms with Crippen LogP contribution in [0.2, 0.25) is 0 Å². The summed E-state index contributed by atoms with van der Waals surface area (Å²) in [5.41, 5.74) is 1.57. The molecule has 0 aliphatic heterocycles. The molecule has 1 amide bonds. The normalized spacial score (nSPS) is 10.7. The Bertz CT molecular complexity index is 415. The highest BCUT2D eigenvalue weighted by Gasteiger charge is 2.21. The van der Waals surface area contributed by atoms with Crippen molar-refractivity contribution in [2.24, 2.45) is 0 Å². The lowest BCUT2D eigenvalue weighted by Crippen LogP contribution is -2.31. The first-order valence-electron chi connectivity index (χ1n) is 5.94. The molecule has 1 aromatic heterocycles. The molecule has 5 heteroatoms. The molecule has 102 valence electrons. The number of aryl methyl sites for hydroxylation is 2. The van der Waals surface area contributed by atoms with E-state index in [1.807, 2.05) is 20.8 Å². The lowest BCUT2D eigenvalue weighted by molar-refractivity contribution is 0.0709. The van der Waals surface area contributed by atoms with Crippen LogP contribution in [0.4, 0.5) is 0 Å². The Morgan fingerprint density at radius 2 is 1.94 bits per heavy atom. The van der Waals surface area contributed by atoms with E-state index in [2.05, 4.69) is 0 Å². The van der Waals surface area contributed by atoms with Crippen LogP contribution in [0.15, 0.2) is 4.42 Å². The number of furan rings is 1. The molecule has 1 rings (SSSR count). The summed E-state index contributed by atoms with van der Waals surface area (Å²) in [4.78, 5) is 13.9. The Labute approximate surface area is 113 Å². The average molecular weight is 274 g/mol. The summed E-state index contributed by atoms with van der Waals surface area (Å²) >= 11 is 5.50. The summed E-state index contributed by atoms with van der Waals surface area (Å²) in [6, 6.07) is 0. The van der Waals surface area contributed by atoms with Gasteiger partial charge in [-0.2, -0.15) is 0 Å². The summed E-state index contributed by atoms with van der Waals surface area (Å²) in [7, 11) is 1.76. The van der Waals surface area contributed by atoms with Crippen molar-refractivity contribution >= 4 is 17.5 Å². The first-order chi connectivity index (χ1) is 8.49. The van der Waals surface area contributed by atoms with Gasteiger partial charge in [-0.15, -0.1) is 11.6 Å². The van der Waals surface area contributed by atoms with Crippen LogP contribution in [0.25, 0.3) is 0 Å². The second kappa shape index (κ2) is 6.81. The van der Waals surface area contributed by atoms with Crippen LogP contribution in [-0.4, -0.2) is 43.5 Å². The van der Waals surface area contributed by atoms with E-state index in [1.54, 1.807) is 11.9 Å². The molecule has 0 N–H and O–H groups in total. The fourth-order valence-electron chi connectivity index (χ4n) is 1.76. The van der Waals surface area contributed by atoms with Crippen molar-refractivity contribution in [3.63, 3.8) is 0 Å². The number of halogens is 1. The third-order valence-electron chi connectivity index (χ3n) is 2.91. The lowest BCUT2D eigenvalue weighted by atomic mass is 10.1. The number of alkyl halides is 1. The maximum atomic E-state index is 12.2. The van der Waals surface area contributed by atoms with Crippen LogP contribution < -0.4 is 0 Å². The van der Waals surface area contributed by atoms with Gasteiger partial charge in [-0.25, -0.2) is 0 Å². The van der Waals surface area contributed by atoms with Crippen molar-refractivity contribution in [2.75, 3.05) is 32.7 Å². The van der Waals surface area contributed by atoms with Crippen molar-refractivity contribution in [1.29, 1.82) is 0 Å². The Morgan fingerprint density at radius 3 is 2.44 bits per heavy atom. The van der Waals surface area contributed by atoms with Crippen molar-refractivity contribution < 1.29 is 13.9 Å². The lowest BCUT2D eigenvalue weighted by Gasteiger charge is -2.17. The maximum absolute atomic E-state index is 12.2. The second-order valence-electron chi connectivity index (χ2n) is 4.24. The van der Waals surface area contributed by atoms with Gasteiger partial charge in [-0.3, -0.25) is 4.79 Å². The second-order valence-corrected chi connectivity index (χ2v) is 4.62. The van der Waals surface area contributed by atoms with E-state index >= 15 is 0 Å². The van der Waals surface area contributed by atoms with Gasteiger partial charge in [-0.05, 0) is 20.8 Å². The van der Waals surface area contributed by atoms with E-state index in [9.17, 15) is 4.79 Å². The van der Waals surface area contributed by atoms with E-state index in [0.29, 0.717) is 37.0 Å². The molecule has 0 bridgehead atoms. The summed E-state index contributed by atoms with van der Waals surface area (Å²) in [6.45, 7) is 7.11. The topological polar surface area (TPSA) is 42.7 Å².